The molecule has 0 saturated heterocycles. The highest BCUT2D eigenvalue weighted by molar-refractivity contribution is 7.90. The summed E-state index contributed by atoms with van der Waals surface area (Å²) in [5.41, 5.74) is 3.84. The lowest BCUT2D eigenvalue weighted by Crippen LogP contribution is -2.31. The van der Waals surface area contributed by atoms with Crippen LogP contribution in [0.25, 0.3) is 11.2 Å². The van der Waals surface area contributed by atoms with Crippen LogP contribution in [-0.2, 0) is 16.6 Å². The predicted octanol–water partition coefficient (Wildman–Crippen LogP) is 4.32. The number of sulfonamides is 1. The van der Waals surface area contributed by atoms with Crippen LogP contribution in [-0.4, -0.2) is 42.5 Å². The number of nitrogens with zero attached hydrogens (tertiary/aromatic N) is 4. The number of hydrogen-bond acceptors (Lipinski definition) is 6. The van der Waals surface area contributed by atoms with E-state index in [4.69, 9.17) is 11.6 Å². The second-order valence-corrected chi connectivity index (χ2v) is 10.4. The van der Waals surface area contributed by atoms with Crippen molar-refractivity contribution >= 4 is 44.4 Å². The van der Waals surface area contributed by atoms with E-state index in [1.54, 1.807) is 18.2 Å². The van der Waals surface area contributed by atoms with Gasteiger partial charge in [-0.2, -0.15) is 0 Å². The Bertz CT molecular complexity index is 1510. The van der Waals surface area contributed by atoms with Gasteiger partial charge in [0.05, 0.1) is 11.4 Å². The van der Waals surface area contributed by atoms with Gasteiger partial charge in [0.2, 0.25) is 0 Å². The smallest absolute Gasteiger partial charge is 0.283 e. The first-order chi connectivity index (χ1) is 16.6. The van der Waals surface area contributed by atoms with Crippen molar-refractivity contribution in [3.8, 4) is 0 Å². The van der Waals surface area contributed by atoms with E-state index in [0.717, 1.165) is 23.4 Å². The van der Waals surface area contributed by atoms with Gasteiger partial charge in [0.15, 0.2) is 5.65 Å². The van der Waals surface area contributed by atoms with Crippen LogP contribution in [0.5, 0.6) is 0 Å². The Morgan fingerprint density at radius 1 is 1.06 bits per heavy atom. The molecule has 2 aromatic heterocycles. The lowest BCUT2D eigenvalue weighted by molar-refractivity contribution is 0.0977. The standard InChI is InChI=1S/C25H26ClN5O3S/c1-5-30(4)19-9-8-18(21(26)14-19)15-31-17(3)27-22-12-13-23(28-24(22)31)25(32)29-35(33,34)20-10-6-16(2)7-11-20/h6-14H,5,15H2,1-4H3,(H,29,32). The van der Waals surface area contributed by atoms with Crippen molar-refractivity contribution < 1.29 is 13.2 Å². The third-order valence-electron chi connectivity index (χ3n) is 5.85. The lowest BCUT2D eigenvalue weighted by atomic mass is 10.2. The molecule has 1 N–H and O–H groups in total. The van der Waals surface area contributed by atoms with E-state index in [2.05, 4.69) is 26.5 Å². The van der Waals surface area contributed by atoms with Crippen molar-refractivity contribution in [2.24, 2.45) is 0 Å². The van der Waals surface area contributed by atoms with E-state index in [9.17, 15) is 13.2 Å². The minimum absolute atomic E-state index is 0.00483. The summed E-state index contributed by atoms with van der Waals surface area (Å²) < 4.78 is 29.2. The predicted molar refractivity (Wildman–Crippen MR) is 138 cm³/mol. The van der Waals surface area contributed by atoms with Crippen LogP contribution >= 0.6 is 11.6 Å². The highest BCUT2D eigenvalue weighted by atomic mass is 35.5. The molecular weight excluding hydrogens is 486 g/mol. The molecule has 0 aliphatic rings. The highest BCUT2D eigenvalue weighted by Gasteiger charge is 2.21. The SMILES string of the molecule is CCN(C)c1ccc(Cn2c(C)nc3ccc(C(=O)NS(=O)(=O)c4ccc(C)cc4)nc32)c(Cl)c1. The summed E-state index contributed by atoms with van der Waals surface area (Å²) in [7, 11) is -2.04. The fraction of sp³-hybridized carbons (Fsp3) is 0.240. The van der Waals surface area contributed by atoms with E-state index >= 15 is 0 Å². The van der Waals surface area contributed by atoms with Crippen molar-refractivity contribution in [3.63, 3.8) is 0 Å². The first-order valence-electron chi connectivity index (χ1n) is 11.1. The van der Waals surface area contributed by atoms with Crippen LogP contribution in [0.4, 0.5) is 5.69 Å². The van der Waals surface area contributed by atoms with Crippen molar-refractivity contribution in [2.75, 3.05) is 18.5 Å². The van der Waals surface area contributed by atoms with Crippen molar-refractivity contribution in [2.45, 2.75) is 32.2 Å². The lowest BCUT2D eigenvalue weighted by Gasteiger charge is -2.18. The van der Waals surface area contributed by atoms with E-state index in [1.165, 1.54) is 18.2 Å². The van der Waals surface area contributed by atoms with Crippen molar-refractivity contribution in [1.82, 2.24) is 19.3 Å². The number of aryl methyl sites for hydroxylation is 2. The molecule has 0 aliphatic carbocycles. The summed E-state index contributed by atoms with van der Waals surface area (Å²) in [6.07, 6.45) is 0. The Balaban J connectivity index is 1.63. The van der Waals surface area contributed by atoms with Gasteiger partial charge < -0.3 is 9.47 Å². The summed E-state index contributed by atoms with van der Waals surface area (Å²) >= 11 is 6.56. The molecule has 0 fully saturated rings. The van der Waals surface area contributed by atoms with Gasteiger partial charge in [0.1, 0.15) is 17.0 Å². The van der Waals surface area contributed by atoms with E-state index < -0.39 is 15.9 Å². The monoisotopic (exact) mass is 511 g/mol. The number of benzene rings is 2. The zero-order valence-corrected chi connectivity index (χ0v) is 21.5. The number of nitrogens with one attached hydrogen (secondary N) is 1. The van der Waals surface area contributed by atoms with Crippen LogP contribution in [0, 0.1) is 13.8 Å². The van der Waals surface area contributed by atoms with E-state index in [-0.39, 0.29) is 10.6 Å². The summed E-state index contributed by atoms with van der Waals surface area (Å²) in [4.78, 5) is 23.9. The molecule has 10 heteroatoms. The van der Waals surface area contributed by atoms with Crippen LogP contribution in [0.3, 0.4) is 0 Å². The number of amides is 1. The number of pyridine rings is 1. The maximum Gasteiger partial charge on any atom is 0.283 e. The Labute approximate surface area is 209 Å². The molecule has 1 amide bonds. The van der Waals surface area contributed by atoms with Gasteiger partial charge in [-0.15, -0.1) is 0 Å². The summed E-state index contributed by atoms with van der Waals surface area (Å²) in [5, 5.41) is 0.613. The molecule has 182 valence electrons. The van der Waals surface area contributed by atoms with Gasteiger partial charge in [-0.1, -0.05) is 35.4 Å². The zero-order valence-electron chi connectivity index (χ0n) is 19.9. The largest absolute Gasteiger partial charge is 0.375 e. The number of carbonyl (C=O) groups excluding carboxylic acids is 1. The van der Waals surface area contributed by atoms with Gasteiger partial charge in [-0.05, 0) is 62.7 Å². The number of fused-ring (bicyclic) bond motifs is 1. The number of aromatic nitrogens is 3. The molecule has 8 nitrogen and oxygen atoms in total. The number of halogens is 1. The van der Waals surface area contributed by atoms with Crippen LogP contribution < -0.4 is 9.62 Å². The zero-order chi connectivity index (χ0) is 25.3. The highest BCUT2D eigenvalue weighted by Crippen LogP contribution is 2.26. The minimum Gasteiger partial charge on any atom is -0.375 e. The van der Waals surface area contributed by atoms with Gasteiger partial charge >= 0.3 is 0 Å². The Morgan fingerprint density at radius 3 is 2.43 bits per heavy atom. The molecule has 0 spiro atoms. The first-order valence-corrected chi connectivity index (χ1v) is 12.9. The molecular formula is C25H26ClN5O3S. The third kappa shape index (κ3) is 5.16. The first kappa shape index (κ1) is 24.7. The molecule has 4 rings (SSSR count). The minimum atomic E-state index is -4.03. The van der Waals surface area contributed by atoms with Gasteiger partial charge in [0.25, 0.3) is 15.9 Å². The number of imidazole rings is 1. The van der Waals surface area contributed by atoms with E-state index in [1.807, 2.05) is 43.7 Å². The number of carbonyl (C=O) groups is 1. The third-order valence-corrected chi connectivity index (χ3v) is 7.55. The van der Waals surface area contributed by atoms with Crippen LogP contribution in [0.1, 0.15) is 34.4 Å². The molecule has 4 aromatic rings. The molecule has 0 atom stereocenters. The molecule has 0 saturated carbocycles. The number of rotatable bonds is 7. The molecule has 35 heavy (non-hydrogen) atoms. The fourth-order valence-electron chi connectivity index (χ4n) is 3.64. The normalized spacial score (nSPS) is 11.6. The van der Waals surface area contributed by atoms with Crippen LogP contribution in [0.2, 0.25) is 5.02 Å². The number of hydrogen-bond donors (Lipinski definition) is 1. The van der Waals surface area contributed by atoms with E-state index in [0.29, 0.717) is 28.6 Å². The summed E-state index contributed by atoms with van der Waals surface area (Å²) in [5.74, 6) is -0.119. The average molecular weight is 512 g/mol. The van der Waals surface area contributed by atoms with Crippen molar-refractivity contribution in [3.05, 3.63) is 82.3 Å². The Hall–Kier alpha value is -3.43. The van der Waals surface area contributed by atoms with Crippen LogP contribution in [0.15, 0.2) is 59.5 Å². The Kier molecular flexibility index (Phi) is 6.82. The second kappa shape index (κ2) is 9.67. The second-order valence-electron chi connectivity index (χ2n) is 8.32. The molecule has 0 unspecified atom stereocenters. The van der Waals surface area contributed by atoms with Gasteiger partial charge in [0, 0.05) is 24.3 Å². The quantitative estimate of drug-likeness (QED) is 0.397. The van der Waals surface area contributed by atoms with Gasteiger partial charge in [-0.25, -0.2) is 23.1 Å². The average Bonchev–Trinajstić information content (AvgIpc) is 3.13. The van der Waals surface area contributed by atoms with Crippen molar-refractivity contribution in [1.29, 1.82) is 0 Å². The maximum absolute atomic E-state index is 12.8. The summed E-state index contributed by atoms with van der Waals surface area (Å²) in [6.45, 7) is 7.02. The maximum atomic E-state index is 12.8. The molecule has 2 aromatic carbocycles. The van der Waals surface area contributed by atoms with Gasteiger partial charge in [-0.3, -0.25) is 4.79 Å². The molecule has 0 radical (unpaired) electrons. The topological polar surface area (TPSA) is 97.2 Å². The molecule has 2 heterocycles. The number of anilines is 1. The fourth-order valence-corrected chi connectivity index (χ4v) is 4.83. The molecule has 0 aliphatic heterocycles. The summed E-state index contributed by atoms with van der Waals surface area (Å²) in [6, 6.07) is 15.2. The Morgan fingerprint density at radius 2 is 1.77 bits per heavy atom. The molecule has 0 bridgehead atoms.